The van der Waals surface area contributed by atoms with E-state index in [1.807, 2.05) is 12.1 Å². The molecule has 1 aliphatic heterocycles. The van der Waals surface area contributed by atoms with E-state index in [2.05, 4.69) is 41.3 Å². The Kier molecular flexibility index (Phi) is 10.6. The number of amides is 1. The zero-order valence-corrected chi connectivity index (χ0v) is 24.3. The van der Waals surface area contributed by atoms with Crippen molar-refractivity contribution in [2.24, 2.45) is 0 Å². The molecular weight excluding hydrogens is 504 g/mol. The maximum absolute atomic E-state index is 13.1. The molecule has 0 spiro atoms. The molecule has 3 rings (SSSR count). The van der Waals surface area contributed by atoms with Crippen molar-refractivity contribution >= 4 is 21.6 Å². The smallest absolute Gasteiger partial charge is 0.246 e. The zero-order chi connectivity index (χ0) is 27.9. The van der Waals surface area contributed by atoms with Gasteiger partial charge in [-0.15, -0.1) is 0 Å². The van der Waals surface area contributed by atoms with Crippen LogP contribution in [0.15, 0.2) is 41.3 Å². The summed E-state index contributed by atoms with van der Waals surface area (Å²) in [4.78, 5) is 17.2. The van der Waals surface area contributed by atoms with Crippen molar-refractivity contribution < 1.29 is 22.7 Å². The van der Waals surface area contributed by atoms with Crippen LogP contribution in [0.3, 0.4) is 0 Å². The van der Waals surface area contributed by atoms with Crippen molar-refractivity contribution in [3.63, 3.8) is 0 Å². The fourth-order valence-corrected chi connectivity index (χ4v) is 6.34. The van der Waals surface area contributed by atoms with Gasteiger partial charge in [0.15, 0.2) is 0 Å². The number of ether oxygens (including phenoxy) is 2. The summed E-state index contributed by atoms with van der Waals surface area (Å²) < 4.78 is 38.1. The number of nitrogens with zero attached hydrogens (tertiary/aromatic N) is 3. The predicted octanol–water partition coefficient (Wildman–Crippen LogP) is 2.80. The Morgan fingerprint density at radius 1 is 1.05 bits per heavy atom. The van der Waals surface area contributed by atoms with Crippen LogP contribution < -0.4 is 15.0 Å². The first kappa shape index (κ1) is 29.9. The van der Waals surface area contributed by atoms with Crippen molar-refractivity contribution in [2.75, 3.05) is 66.0 Å². The van der Waals surface area contributed by atoms with Crippen molar-refractivity contribution in [1.82, 2.24) is 14.5 Å². The molecule has 9 nitrogen and oxygen atoms in total. The molecule has 2 aromatic carbocycles. The van der Waals surface area contributed by atoms with Crippen LogP contribution in [0.5, 0.6) is 5.75 Å². The lowest BCUT2D eigenvalue weighted by Gasteiger charge is -2.36. The van der Waals surface area contributed by atoms with E-state index in [4.69, 9.17) is 9.47 Å². The van der Waals surface area contributed by atoms with Crippen LogP contribution in [-0.2, 0) is 26.1 Å². The quantitative estimate of drug-likeness (QED) is 0.410. The number of anilines is 1. The fourth-order valence-electron chi connectivity index (χ4n) is 4.79. The van der Waals surface area contributed by atoms with E-state index in [9.17, 15) is 13.2 Å². The molecule has 0 atom stereocenters. The third kappa shape index (κ3) is 7.69. The Morgan fingerprint density at radius 3 is 2.21 bits per heavy atom. The number of rotatable bonds is 12. The van der Waals surface area contributed by atoms with Gasteiger partial charge in [-0.25, -0.2) is 8.42 Å². The molecule has 1 aliphatic rings. The second-order valence-electron chi connectivity index (χ2n) is 10.1. The summed E-state index contributed by atoms with van der Waals surface area (Å²) in [6.07, 6.45) is 2.32. The average Bonchev–Trinajstić information content (AvgIpc) is 2.89. The molecule has 10 heteroatoms. The number of likely N-dealkylation sites (N-methyl/N-ethyl adjacent to an activating group) is 1. The van der Waals surface area contributed by atoms with E-state index in [1.165, 1.54) is 17.0 Å². The lowest BCUT2D eigenvalue weighted by molar-refractivity contribution is -0.125. The highest BCUT2D eigenvalue weighted by Crippen LogP contribution is 2.27. The molecule has 1 N–H and O–H groups in total. The van der Waals surface area contributed by atoms with Crippen LogP contribution in [0.25, 0.3) is 0 Å². The summed E-state index contributed by atoms with van der Waals surface area (Å²) in [5.74, 6) is 0.374. The molecule has 1 saturated heterocycles. The number of hydrogen-bond donors (Lipinski definition) is 1. The van der Waals surface area contributed by atoms with Gasteiger partial charge in [-0.1, -0.05) is 12.1 Å². The molecular formula is C28H42N4O5S. The maximum Gasteiger partial charge on any atom is 0.246 e. The van der Waals surface area contributed by atoms with Crippen molar-refractivity contribution in [1.29, 1.82) is 0 Å². The van der Waals surface area contributed by atoms with Gasteiger partial charge in [-0.05, 0) is 81.7 Å². The highest BCUT2D eigenvalue weighted by molar-refractivity contribution is 7.89. The summed E-state index contributed by atoms with van der Waals surface area (Å²) in [7, 11) is 3.64. The first-order chi connectivity index (χ1) is 18.0. The van der Waals surface area contributed by atoms with Gasteiger partial charge in [0.1, 0.15) is 12.4 Å². The van der Waals surface area contributed by atoms with E-state index in [0.717, 1.165) is 31.5 Å². The number of sulfonamides is 1. The van der Waals surface area contributed by atoms with Crippen molar-refractivity contribution in [3.05, 3.63) is 53.1 Å². The molecule has 0 aromatic heterocycles. The van der Waals surface area contributed by atoms with E-state index < -0.39 is 10.0 Å². The summed E-state index contributed by atoms with van der Waals surface area (Å²) >= 11 is 0. The van der Waals surface area contributed by atoms with E-state index in [1.54, 1.807) is 33.1 Å². The third-order valence-electron chi connectivity index (χ3n) is 7.11. The molecule has 1 amide bonds. The van der Waals surface area contributed by atoms with E-state index in [0.29, 0.717) is 29.5 Å². The number of piperidine rings is 1. The zero-order valence-electron chi connectivity index (χ0n) is 23.5. The largest absolute Gasteiger partial charge is 0.497 e. The highest BCUT2D eigenvalue weighted by atomic mass is 32.2. The van der Waals surface area contributed by atoms with Crippen LogP contribution in [0, 0.1) is 13.8 Å². The lowest BCUT2D eigenvalue weighted by Crippen LogP contribution is -2.41. The first-order valence-electron chi connectivity index (χ1n) is 13.0. The summed E-state index contributed by atoms with van der Waals surface area (Å²) in [5, 5.41) is 2.86. The predicted molar refractivity (Wildman–Crippen MR) is 150 cm³/mol. The van der Waals surface area contributed by atoms with E-state index in [-0.39, 0.29) is 30.6 Å². The SMILES string of the molecule is COc1cc(C)c(S(=O)(=O)N(C)CCOCC(=O)NCc2ccc(N3CCC(N(C)C)CC3)cc2)c(C)c1. The Hall–Kier alpha value is -2.66. The molecule has 0 bridgehead atoms. The molecule has 0 unspecified atom stereocenters. The summed E-state index contributed by atoms with van der Waals surface area (Å²) in [5.41, 5.74) is 3.47. The summed E-state index contributed by atoms with van der Waals surface area (Å²) in [6, 6.07) is 12.4. The fraction of sp³-hybridized carbons (Fsp3) is 0.536. The van der Waals surface area contributed by atoms with Gasteiger partial charge in [0.05, 0.1) is 18.6 Å². The first-order valence-corrected chi connectivity index (χ1v) is 14.4. The molecule has 1 heterocycles. The van der Waals surface area contributed by atoms with Gasteiger partial charge < -0.3 is 24.6 Å². The Bertz CT molecular complexity index is 1150. The second-order valence-corrected chi connectivity index (χ2v) is 12.1. The second kappa shape index (κ2) is 13.4. The van der Waals surface area contributed by atoms with Crippen molar-refractivity contribution in [3.8, 4) is 5.75 Å². The Balaban J connectivity index is 1.39. The average molecular weight is 547 g/mol. The summed E-state index contributed by atoms with van der Waals surface area (Å²) in [6.45, 7) is 6.11. The monoisotopic (exact) mass is 546 g/mol. The van der Waals surface area contributed by atoms with Gasteiger partial charge >= 0.3 is 0 Å². The highest BCUT2D eigenvalue weighted by Gasteiger charge is 2.25. The van der Waals surface area contributed by atoms with Gasteiger partial charge in [0.2, 0.25) is 15.9 Å². The van der Waals surface area contributed by atoms with E-state index >= 15 is 0 Å². The normalized spacial score (nSPS) is 14.8. The molecule has 210 valence electrons. The Labute approximate surface area is 227 Å². The number of carbonyl (C=O) groups is 1. The van der Waals surface area contributed by atoms with Crippen LogP contribution in [0.1, 0.15) is 29.5 Å². The minimum absolute atomic E-state index is 0.108. The standard InChI is InChI=1S/C28H42N4O5S/c1-21-17-26(36-6)18-22(2)28(21)38(34,35)31(5)15-16-37-20-27(33)29-19-23-7-9-25(10-8-23)32-13-11-24(12-14-32)30(3)4/h7-10,17-18,24H,11-16,19-20H2,1-6H3,(H,29,33). The van der Waals surface area contributed by atoms with Gasteiger partial charge in [-0.2, -0.15) is 4.31 Å². The molecule has 0 radical (unpaired) electrons. The van der Waals surface area contributed by atoms with Crippen LogP contribution >= 0.6 is 0 Å². The van der Waals surface area contributed by atoms with Gasteiger partial charge in [0.25, 0.3) is 0 Å². The van der Waals surface area contributed by atoms with Crippen LogP contribution in [-0.4, -0.2) is 90.7 Å². The van der Waals surface area contributed by atoms with Crippen LogP contribution in [0.4, 0.5) is 5.69 Å². The number of hydrogen-bond acceptors (Lipinski definition) is 7. The number of methoxy groups -OCH3 is 1. The van der Waals surface area contributed by atoms with Crippen LogP contribution in [0.2, 0.25) is 0 Å². The number of aryl methyl sites for hydroxylation is 2. The molecule has 0 saturated carbocycles. The van der Waals surface area contributed by atoms with Gasteiger partial charge in [-0.3, -0.25) is 4.79 Å². The minimum Gasteiger partial charge on any atom is -0.497 e. The maximum atomic E-state index is 13.1. The molecule has 1 fully saturated rings. The minimum atomic E-state index is -3.70. The lowest BCUT2D eigenvalue weighted by atomic mass is 10.0. The third-order valence-corrected chi connectivity index (χ3v) is 9.27. The number of carbonyl (C=O) groups excluding carboxylic acids is 1. The van der Waals surface area contributed by atoms with Gasteiger partial charge in [0, 0.05) is 45.0 Å². The molecule has 0 aliphatic carbocycles. The van der Waals surface area contributed by atoms with Crippen molar-refractivity contribution in [2.45, 2.75) is 44.2 Å². The number of benzene rings is 2. The Morgan fingerprint density at radius 2 is 1.66 bits per heavy atom. The topological polar surface area (TPSA) is 91.4 Å². The number of nitrogens with one attached hydrogen (secondary N) is 1. The molecule has 38 heavy (non-hydrogen) atoms. The molecule has 2 aromatic rings.